The van der Waals surface area contributed by atoms with E-state index in [4.69, 9.17) is 4.42 Å². The number of amides is 1. The van der Waals surface area contributed by atoms with Gasteiger partial charge in [-0.1, -0.05) is 0 Å². The Kier molecular flexibility index (Phi) is 2.91. The normalized spacial score (nSPS) is 14.1. The Morgan fingerprint density at radius 1 is 1.26 bits per heavy atom. The van der Waals surface area contributed by atoms with Gasteiger partial charge in [0.1, 0.15) is 5.76 Å². The molecule has 19 heavy (non-hydrogen) atoms. The van der Waals surface area contributed by atoms with Crippen molar-refractivity contribution < 1.29 is 14.0 Å². The number of anilines is 1. The molecule has 3 rings (SSSR count). The fourth-order valence-corrected chi connectivity index (χ4v) is 2.83. The minimum Gasteiger partial charge on any atom is -0.468 e. The van der Waals surface area contributed by atoms with Gasteiger partial charge in [-0.05, 0) is 30.3 Å². The Hall–Kier alpha value is -2.01. The van der Waals surface area contributed by atoms with Crippen molar-refractivity contribution in [1.82, 2.24) is 0 Å². The largest absolute Gasteiger partial charge is 0.468 e. The van der Waals surface area contributed by atoms with Crippen LogP contribution in [0, 0.1) is 0 Å². The Morgan fingerprint density at radius 2 is 2.11 bits per heavy atom. The van der Waals surface area contributed by atoms with E-state index in [0.29, 0.717) is 11.3 Å². The van der Waals surface area contributed by atoms with E-state index >= 15 is 0 Å². The third-order valence-electron chi connectivity index (χ3n) is 3.04. The lowest BCUT2D eigenvalue weighted by atomic mass is 10.1. The van der Waals surface area contributed by atoms with E-state index in [1.165, 1.54) is 4.90 Å². The number of hydrogen-bond acceptors (Lipinski definition) is 4. The molecule has 4 nitrogen and oxygen atoms in total. The second kappa shape index (κ2) is 4.59. The van der Waals surface area contributed by atoms with E-state index in [1.54, 1.807) is 31.1 Å². The molecule has 0 aliphatic carbocycles. The van der Waals surface area contributed by atoms with E-state index in [-0.39, 0.29) is 0 Å². The van der Waals surface area contributed by atoms with Crippen LogP contribution in [0.5, 0.6) is 0 Å². The highest BCUT2D eigenvalue weighted by Gasteiger charge is 2.33. The van der Waals surface area contributed by atoms with Crippen LogP contribution >= 0.6 is 11.8 Å². The van der Waals surface area contributed by atoms with Crippen LogP contribution < -0.4 is 4.90 Å². The summed E-state index contributed by atoms with van der Waals surface area (Å²) in [6.07, 6.45) is 1.64. The highest BCUT2D eigenvalue weighted by atomic mass is 32.2. The summed E-state index contributed by atoms with van der Waals surface area (Å²) in [5, 5.41) is 0. The van der Waals surface area contributed by atoms with E-state index in [1.807, 2.05) is 24.3 Å². The number of furan rings is 1. The lowest BCUT2D eigenvalue weighted by Gasteiger charge is -2.09. The average Bonchev–Trinajstić information content (AvgIpc) is 3.01. The molecule has 1 aromatic carbocycles. The molecule has 0 N–H and O–H groups in total. The maximum absolute atomic E-state index is 11.6. The Balaban J connectivity index is 1.83. The van der Waals surface area contributed by atoms with Crippen molar-refractivity contribution in [3.05, 3.63) is 47.9 Å². The number of nitrogens with zero attached hydrogens (tertiary/aromatic N) is 1. The van der Waals surface area contributed by atoms with E-state index in [2.05, 4.69) is 0 Å². The zero-order valence-corrected chi connectivity index (χ0v) is 11.1. The SMILES string of the molecule is CN1C(=O)C(=O)c2ccc(SCc3ccco3)cc21. The topological polar surface area (TPSA) is 50.5 Å². The number of thioether (sulfide) groups is 1. The van der Waals surface area contributed by atoms with Gasteiger partial charge < -0.3 is 9.32 Å². The maximum atomic E-state index is 11.6. The first kappa shape index (κ1) is 12.0. The third-order valence-corrected chi connectivity index (χ3v) is 4.05. The third kappa shape index (κ3) is 2.06. The molecule has 0 bridgehead atoms. The molecule has 1 aliphatic rings. The predicted molar refractivity (Wildman–Crippen MR) is 72.5 cm³/mol. The van der Waals surface area contributed by atoms with Crippen molar-refractivity contribution in [2.24, 2.45) is 0 Å². The van der Waals surface area contributed by atoms with Crippen molar-refractivity contribution in [2.45, 2.75) is 10.6 Å². The Bertz CT molecular complexity index is 649. The number of Topliss-reactive ketones (excluding diaryl/α,β-unsaturated/α-hetero) is 1. The molecule has 0 spiro atoms. The summed E-state index contributed by atoms with van der Waals surface area (Å²) < 4.78 is 5.26. The monoisotopic (exact) mass is 273 g/mol. The predicted octanol–water partition coefficient (Wildman–Crippen LogP) is 2.73. The molecule has 2 heterocycles. The van der Waals surface area contributed by atoms with Crippen LogP contribution in [0.25, 0.3) is 0 Å². The van der Waals surface area contributed by atoms with Gasteiger partial charge in [0.05, 0.1) is 23.3 Å². The smallest absolute Gasteiger partial charge is 0.299 e. The summed E-state index contributed by atoms with van der Waals surface area (Å²) in [7, 11) is 1.62. The van der Waals surface area contributed by atoms with Gasteiger partial charge in [0.2, 0.25) is 0 Å². The first-order chi connectivity index (χ1) is 9.16. The van der Waals surface area contributed by atoms with E-state index in [9.17, 15) is 9.59 Å². The number of likely N-dealkylation sites (N-methyl/N-ethyl adjacent to an activating group) is 1. The van der Waals surface area contributed by atoms with Gasteiger partial charge >= 0.3 is 0 Å². The summed E-state index contributed by atoms with van der Waals surface area (Å²) in [5.74, 6) is 0.714. The lowest BCUT2D eigenvalue weighted by molar-refractivity contribution is -0.114. The van der Waals surface area contributed by atoms with Crippen molar-refractivity contribution in [2.75, 3.05) is 11.9 Å². The molecule has 0 saturated carbocycles. The van der Waals surface area contributed by atoms with Gasteiger partial charge in [0, 0.05) is 11.9 Å². The van der Waals surface area contributed by atoms with Gasteiger partial charge in [-0.15, -0.1) is 11.8 Å². The molecule has 0 atom stereocenters. The summed E-state index contributed by atoms with van der Waals surface area (Å²) in [5.41, 5.74) is 1.16. The Morgan fingerprint density at radius 3 is 2.84 bits per heavy atom. The minimum absolute atomic E-state index is 0.430. The van der Waals surface area contributed by atoms with Gasteiger partial charge in [0.25, 0.3) is 11.7 Å². The zero-order valence-electron chi connectivity index (χ0n) is 10.3. The summed E-state index contributed by atoms with van der Waals surface area (Å²) in [4.78, 5) is 25.6. The van der Waals surface area contributed by atoms with Gasteiger partial charge in [-0.2, -0.15) is 0 Å². The molecule has 5 heteroatoms. The first-order valence-corrected chi connectivity index (χ1v) is 6.77. The van der Waals surface area contributed by atoms with Gasteiger partial charge in [-0.3, -0.25) is 9.59 Å². The van der Waals surface area contributed by atoms with Crippen molar-refractivity contribution in [3.8, 4) is 0 Å². The van der Waals surface area contributed by atoms with Crippen LogP contribution in [-0.4, -0.2) is 18.7 Å². The van der Waals surface area contributed by atoms with Crippen LogP contribution in [0.4, 0.5) is 5.69 Å². The van der Waals surface area contributed by atoms with Gasteiger partial charge in [-0.25, -0.2) is 0 Å². The first-order valence-electron chi connectivity index (χ1n) is 5.78. The number of fused-ring (bicyclic) bond motifs is 1. The summed E-state index contributed by atoms with van der Waals surface area (Å²) in [6.45, 7) is 0. The maximum Gasteiger partial charge on any atom is 0.299 e. The molecular weight excluding hydrogens is 262 g/mol. The number of ketones is 1. The van der Waals surface area contributed by atoms with Crippen LogP contribution in [0.3, 0.4) is 0 Å². The molecule has 0 fully saturated rings. The summed E-state index contributed by atoms with van der Waals surface area (Å²) >= 11 is 1.61. The molecule has 0 saturated heterocycles. The number of rotatable bonds is 3. The molecule has 2 aromatic rings. The van der Waals surface area contributed by atoms with Crippen LogP contribution in [-0.2, 0) is 10.5 Å². The van der Waals surface area contributed by atoms with Crippen molar-refractivity contribution in [1.29, 1.82) is 0 Å². The van der Waals surface area contributed by atoms with Crippen LogP contribution in [0.1, 0.15) is 16.1 Å². The molecule has 96 valence electrons. The van der Waals surface area contributed by atoms with Crippen LogP contribution in [0.15, 0.2) is 45.9 Å². The fraction of sp³-hybridized carbons (Fsp3) is 0.143. The van der Waals surface area contributed by atoms with E-state index < -0.39 is 11.7 Å². The average molecular weight is 273 g/mol. The minimum atomic E-state index is -0.469. The highest BCUT2D eigenvalue weighted by molar-refractivity contribution is 7.98. The van der Waals surface area contributed by atoms with Gasteiger partial charge in [0.15, 0.2) is 0 Å². The highest BCUT2D eigenvalue weighted by Crippen LogP contribution is 2.33. The number of benzene rings is 1. The van der Waals surface area contributed by atoms with E-state index in [0.717, 1.165) is 16.4 Å². The molecule has 1 aromatic heterocycles. The molecule has 0 radical (unpaired) electrons. The number of carbonyl (C=O) groups excluding carboxylic acids is 2. The van der Waals surface area contributed by atoms with Crippen LogP contribution in [0.2, 0.25) is 0 Å². The number of carbonyl (C=O) groups is 2. The second-order valence-corrected chi connectivity index (χ2v) is 5.29. The van der Waals surface area contributed by atoms with Crippen molar-refractivity contribution >= 4 is 29.1 Å². The molecular formula is C14H11NO3S. The zero-order chi connectivity index (χ0) is 13.4. The summed E-state index contributed by atoms with van der Waals surface area (Å²) in [6, 6.07) is 9.20. The lowest BCUT2D eigenvalue weighted by Crippen LogP contribution is -2.24. The van der Waals surface area contributed by atoms with Crippen molar-refractivity contribution in [3.63, 3.8) is 0 Å². The molecule has 0 unspecified atom stereocenters. The standard InChI is InChI=1S/C14H11NO3S/c1-15-12-7-10(19-8-9-3-2-6-18-9)4-5-11(12)13(16)14(15)17/h2-7H,8H2,1H3. The quantitative estimate of drug-likeness (QED) is 0.637. The Labute approximate surface area is 114 Å². The fourth-order valence-electron chi connectivity index (χ4n) is 2.00. The number of hydrogen-bond donors (Lipinski definition) is 0. The second-order valence-electron chi connectivity index (χ2n) is 4.24. The molecule has 1 aliphatic heterocycles. The molecule has 1 amide bonds.